The lowest BCUT2D eigenvalue weighted by Crippen LogP contribution is -1.97. The van der Waals surface area contributed by atoms with Crippen molar-refractivity contribution in [2.24, 2.45) is 7.05 Å². The maximum Gasteiger partial charge on any atom is 0.134 e. The number of ether oxygens (including phenoxy) is 1. The fourth-order valence-electron chi connectivity index (χ4n) is 2.28. The lowest BCUT2D eigenvalue weighted by atomic mass is 10.1. The number of hydrogen-bond donors (Lipinski definition) is 1. The molecule has 1 unspecified atom stereocenters. The number of aromatic nitrogens is 3. The van der Waals surface area contributed by atoms with Crippen molar-refractivity contribution in [3.05, 3.63) is 41.2 Å². The minimum atomic E-state index is -0.311. The fourth-order valence-corrected chi connectivity index (χ4v) is 2.28. The Hall–Kier alpha value is -1.88. The van der Waals surface area contributed by atoms with Gasteiger partial charge in [0.25, 0.3) is 0 Å². The van der Waals surface area contributed by atoms with Crippen molar-refractivity contribution in [3.8, 4) is 5.75 Å². The Morgan fingerprint density at radius 1 is 1.50 bits per heavy atom. The Morgan fingerprint density at radius 3 is 3.17 bits per heavy atom. The minimum absolute atomic E-state index is 0.311. The van der Waals surface area contributed by atoms with E-state index in [4.69, 9.17) is 4.74 Å². The van der Waals surface area contributed by atoms with Gasteiger partial charge in [-0.15, -0.1) is 5.10 Å². The number of aliphatic hydroxyl groups excluding tert-OH is 1. The van der Waals surface area contributed by atoms with Crippen LogP contribution in [-0.2, 0) is 20.1 Å². The van der Waals surface area contributed by atoms with E-state index in [1.807, 2.05) is 31.4 Å². The van der Waals surface area contributed by atoms with Crippen LogP contribution in [0.15, 0.2) is 24.4 Å². The topological polar surface area (TPSA) is 60.2 Å². The van der Waals surface area contributed by atoms with E-state index in [0.717, 1.165) is 29.8 Å². The molecule has 5 nitrogen and oxygen atoms in total. The summed E-state index contributed by atoms with van der Waals surface area (Å²) in [5.41, 5.74) is 3.01. The zero-order chi connectivity index (χ0) is 12.5. The fraction of sp³-hybridized carbons (Fsp3) is 0.385. The second-order valence-corrected chi connectivity index (χ2v) is 4.59. The van der Waals surface area contributed by atoms with Crippen LogP contribution in [-0.4, -0.2) is 20.1 Å². The van der Waals surface area contributed by atoms with Crippen LogP contribution in [0, 0.1) is 0 Å². The van der Waals surface area contributed by atoms with Crippen LogP contribution in [0.3, 0.4) is 0 Å². The van der Waals surface area contributed by atoms with Crippen molar-refractivity contribution in [1.82, 2.24) is 15.0 Å². The molecule has 1 N–H and O–H groups in total. The molecule has 1 atom stereocenters. The highest BCUT2D eigenvalue weighted by molar-refractivity contribution is 5.39. The SMILES string of the molecule is Cn1cc(COc2ccc3c(c2)CCC3O)nn1. The molecule has 0 radical (unpaired) electrons. The molecule has 0 amide bonds. The zero-order valence-electron chi connectivity index (χ0n) is 10.2. The molecule has 1 aromatic carbocycles. The summed E-state index contributed by atoms with van der Waals surface area (Å²) in [6.45, 7) is 0.412. The Kier molecular flexibility index (Phi) is 2.76. The molecule has 94 valence electrons. The third-order valence-corrected chi connectivity index (χ3v) is 3.20. The summed E-state index contributed by atoms with van der Waals surface area (Å²) in [6, 6.07) is 5.84. The van der Waals surface area contributed by atoms with Crippen LogP contribution in [0.5, 0.6) is 5.75 Å². The molecule has 1 heterocycles. The molecule has 0 saturated carbocycles. The summed E-state index contributed by atoms with van der Waals surface area (Å²) >= 11 is 0. The van der Waals surface area contributed by atoms with Crippen LogP contribution in [0.1, 0.15) is 29.3 Å². The maximum absolute atomic E-state index is 9.72. The van der Waals surface area contributed by atoms with Gasteiger partial charge in [-0.25, -0.2) is 0 Å². The lowest BCUT2D eigenvalue weighted by Gasteiger charge is -2.07. The number of hydrogen-bond acceptors (Lipinski definition) is 4. The first-order valence-electron chi connectivity index (χ1n) is 6.01. The van der Waals surface area contributed by atoms with Crippen LogP contribution in [0.25, 0.3) is 0 Å². The first-order valence-corrected chi connectivity index (χ1v) is 6.01. The van der Waals surface area contributed by atoms with Crippen LogP contribution in [0.4, 0.5) is 0 Å². The molecule has 0 saturated heterocycles. The number of rotatable bonds is 3. The monoisotopic (exact) mass is 245 g/mol. The smallest absolute Gasteiger partial charge is 0.134 e. The Labute approximate surface area is 105 Å². The predicted octanol–water partition coefficient (Wildman–Crippen LogP) is 1.37. The van der Waals surface area contributed by atoms with Crippen LogP contribution >= 0.6 is 0 Å². The molecule has 18 heavy (non-hydrogen) atoms. The molecule has 0 spiro atoms. The van der Waals surface area contributed by atoms with Gasteiger partial charge in [0.1, 0.15) is 18.1 Å². The molecular formula is C13H15N3O2. The molecule has 2 aromatic rings. The number of benzene rings is 1. The van der Waals surface area contributed by atoms with Gasteiger partial charge < -0.3 is 9.84 Å². The zero-order valence-corrected chi connectivity index (χ0v) is 10.2. The molecule has 0 aliphatic heterocycles. The normalized spacial score (nSPS) is 17.8. The van der Waals surface area contributed by atoms with Crippen LogP contribution < -0.4 is 4.74 Å². The van der Waals surface area contributed by atoms with Crippen molar-refractivity contribution < 1.29 is 9.84 Å². The van der Waals surface area contributed by atoms with Gasteiger partial charge in [-0.3, -0.25) is 4.68 Å². The predicted molar refractivity (Wildman–Crippen MR) is 65.1 cm³/mol. The highest BCUT2D eigenvalue weighted by atomic mass is 16.5. The Bertz CT molecular complexity index is 565. The molecule has 0 bridgehead atoms. The summed E-state index contributed by atoms with van der Waals surface area (Å²) in [5.74, 6) is 0.813. The molecular weight excluding hydrogens is 230 g/mol. The summed E-state index contributed by atoms with van der Waals surface area (Å²) in [4.78, 5) is 0. The molecule has 1 aliphatic carbocycles. The van der Waals surface area contributed by atoms with E-state index in [1.54, 1.807) is 4.68 Å². The summed E-state index contributed by atoms with van der Waals surface area (Å²) in [5, 5.41) is 17.5. The highest BCUT2D eigenvalue weighted by Crippen LogP contribution is 2.33. The van der Waals surface area contributed by atoms with Gasteiger partial charge in [-0.1, -0.05) is 11.3 Å². The second-order valence-electron chi connectivity index (χ2n) is 4.59. The molecule has 5 heteroatoms. The van der Waals surface area contributed by atoms with E-state index in [9.17, 15) is 5.11 Å². The standard InChI is InChI=1S/C13H15N3O2/c1-16-7-10(14-15-16)8-18-11-3-4-12-9(6-11)2-5-13(12)17/h3-4,6-7,13,17H,2,5,8H2,1H3. The van der Waals surface area contributed by atoms with Gasteiger partial charge in [0.2, 0.25) is 0 Å². The largest absolute Gasteiger partial charge is 0.487 e. The number of aliphatic hydroxyl groups is 1. The molecule has 1 aromatic heterocycles. The second kappa shape index (κ2) is 4.42. The van der Waals surface area contributed by atoms with Crippen molar-refractivity contribution in [1.29, 1.82) is 0 Å². The van der Waals surface area contributed by atoms with Gasteiger partial charge in [0, 0.05) is 7.05 Å². The molecule has 0 fully saturated rings. The summed E-state index contributed by atoms with van der Waals surface area (Å²) in [7, 11) is 1.83. The number of nitrogens with zero attached hydrogens (tertiary/aromatic N) is 3. The lowest BCUT2D eigenvalue weighted by molar-refractivity contribution is 0.180. The van der Waals surface area contributed by atoms with Gasteiger partial charge in [-0.05, 0) is 36.1 Å². The van der Waals surface area contributed by atoms with Gasteiger partial charge >= 0.3 is 0 Å². The van der Waals surface area contributed by atoms with Crippen molar-refractivity contribution in [2.45, 2.75) is 25.6 Å². The van der Waals surface area contributed by atoms with E-state index in [2.05, 4.69) is 10.3 Å². The third kappa shape index (κ3) is 2.09. The van der Waals surface area contributed by atoms with Crippen molar-refractivity contribution in [3.63, 3.8) is 0 Å². The highest BCUT2D eigenvalue weighted by Gasteiger charge is 2.20. The first-order chi connectivity index (χ1) is 8.72. The van der Waals surface area contributed by atoms with E-state index in [1.165, 1.54) is 5.56 Å². The van der Waals surface area contributed by atoms with Gasteiger partial charge in [0.15, 0.2) is 0 Å². The average molecular weight is 245 g/mol. The van der Waals surface area contributed by atoms with Gasteiger partial charge in [0.05, 0.1) is 12.3 Å². The number of fused-ring (bicyclic) bond motifs is 1. The third-order valence-electron chi connectivity index (χ3n) is 3.20. The van der Waals surface area contributed by atoms with Crippen molar-refractivity contribution >= 4 is 0 Å². The van der Waals surface area contributed by atoms with E-state index < -0.39 is 0 Å². The van der Waals surface area contributed by atoms with E-state index in [-0.39, 0.29) is 6.10 Å². The van der Waals surface area contributed by atoms with Crippen LogP contribution in [0.2, 0.25) is 0 Å². The molecule has 3 rings (SSSR count). The number of aryl methyl sites for hydroxylation is 2. The van der Waals surface area contributed by atoms with Crippen molar-refractivity contribution in [2.75, 3.05) is 0 Å². The van der Waals surface area contributed by atoms with Gasteiger partial charge in [-0.2, -0.15) is 0 Å². The van der Waals surface area contributed by atoms with E-state index >= 15 is 0 Å². The summed E-state index contributed by atoms with van der Waals surface area (Å²) in [6.07, 6.45) is 3.24. The average Bonchev–Trinajstić information content (AvgIpc) is 2.94. The quantitative estimate of drug-likeness (QED) is 0.887. The summed E-state index contributed by atoms with van der Waals surface area (Å²) < 4.78 is 7.32. The first kappa shape index (κ1) is 11.2. The minimum Gasteiger partial charge on any atom is -0.487 e. The van der Waals surface area contributed by atoms with E-state index in [0.29, 0.717) is 6.61 Å². The molecule has 1 aliphatic rings. The maximum atomic E-state index is 9.72. The Balaban J connectivity index is 1.70. The Morgan fingerprint density at radius 2 is 2.39 bits per heavy atom.